The topological polar surface area (TPSA) is 40.9 Å². The molecule has 1 aromatic rings. The molecule has 0 N–H and O–H groups in total. The van der Waals surface area contributed by atoms with E-state index in [0.717, 1.165) is 0 Å². The van der Waals surface area contributed by atoms with Gasteiger partial charge in [0.1, 0.15) is 11.9 Å². The van der Waals surface area contributed by atoms with Crippen molar-refractivity contribution in [2.75, 3.05) is 5.33 Å². The Morgan fingerprint density at radius 1 is 1.41 bits per heavy atom. The van der Waals surface area contributed by atoms with Crippen LogP contribution in [-0.2, 0) is 6.18 Å². The molecule has 17 heavy (non-hydrogen) atoms. The zero-order valence-electron chi connectivity index (χ0n) is 8.11. The summed E-state index contributed by atoms with van der Waals surface area (Å²) in [5.74, 6) is -2.14. The molecular formula is C10H4BrF4NO. The van der Waals surface area contributed by atoms with E-state index < -0.39 is 39.8 Å². The fourth-order valence-electron chi connectivity index (χ4n) is 1.28. The lowest BCUT2D eigenvalue weighted by atomic mass is 9.97. The van der Waals surface area contributed by atoms with Crippen LogP contribution in [0.1, 0.15) is 21.5 Å². The van der Waals surface area contributed by atoms with Crippen LogP contribution in [0.25, 0.3) is 0 Å². The van der Waals surface area contributed by atoms with Crippen LogP contribution in [0.15, 0.2) is 12.1 Å². The first-order chi connectivity index (χ1) is 7.82. The number of halogens is 5. The van der Waals surface area contributed by atoms with Gasteiger partial charge in [0, 0.05) is 0 Å². The number of rotatable bonds is 2. The number of nitriles is 1. The highest BCUT2D eigenvalue weighted by molar-refractivity contribution is 9.09. The lowest BCUT2D eigenvalue weighted by Crippen LogP contribution is -2.16. The number of Topliss-reactive ketones (excluding diaryl/α,β-unsaturated/α-hetero) is 1. The summed E-state index contributed by atoms with van der Waals surface area (Å²) >= 11 is 2.69. The van der Waals surface area contributed by atoms with Crippen molar-refractivity contribution in [1.29, 1.82) is 5.26 Å². The molecule has 0 heterocycles. The third-order valence-corrected chi connectivity index (χ3v) is 2.48. The SMILES string of the molecule is N#Cc1c(F)ccc(C(F)(F)F)c1C(=O)CBr. The molecule has 0 saturated carbocycles. The van der Waals surface area contributed by atoms with Crippen molar-refractivity contribution in [1.82, 2.24) is 0 Å². The molecule has 7 heteroatoms. The highest BCUT2D eigenvalue weighted by Gasteiger charge is 2.37. The van der Waals surface area contributed by atoms with E-state index in [2.05, 4.69) is 15.9 Å². The number of ketones is 1. The van der Waals surface area contributed by atoms with Gasteiger partial charge < -0.3 is 0 Å². The number of hydrogen-bond acceptors (Lipinski definition) is 2. The van der Waals surface area contributed by atoms with Gasteiger partial charge in [-0.05, 0) is 12.1 Å². The first kappa shape index (κ1) is 13.6. The molecule has 0 amide bonds. The first-order valence-corrected chi connectivity index (χ1v) is 5.34. The van der Waals surface area contributed by atoms with Crippen molar-refractivity contribution in [3.05, 3.63) is 34.6 Å². The van der Waals surface area contributed by atoms with Gasteiger partial charge in [0.05, 0.1) is 22.0 Å². The minimum atomic E-state index is -4.81. The second-order valence-electron chi connectivity index (χ2n) is 3.01. The predicted molar refractivity (Wildman–Crippen MR) is 54.2 cm³/mol. The van der Waals surface area contributed by atoms with Crippen LogP contribution < -0.4 is 0 Å². The van der Waals surface area contributed by atoms with Gasteiger partial charge in [0.2, 0.25) is 0 Å². The molecule has 0 unspecified atom stereocenters. The molecule has 0 saturated heterocycles. The number of carbonyl (C=O) groups excluding carboxylic acids is 1. The van der Waals surface area contributed by atoms with Crippen molar-refractivity contribution in [2.45, 2.75) is 6.18 Å². The normalized spacial score (nSPS) is 11.1. The van der Waals surface area contributed by atoms with Crippen LogP contribution in [0.3, 0.4) is 0 Å². The van der Waals surface area contributed by atoms with Gasteiger partial charge in [-0.25, -0.2) is 4.39 Å². The van der Waals surface area contributed by atoms with Gasteiger partial charge >= 0.3 is 6.18 Å². The summed E-state index contributed by atoms with van der Waals surface area (Å²) in [6.07, 6.45) is -4.81. The van der Waals surface area contributed by atoms with Crippen molar-refractivity contribution in [3.63, 3.8) is 0 Å². The molecular weight excluding hydrogens is 306 g/mol. The monoisotopic (exact) mass is 309 g/mol. The number of benzene rings is 1. The molecule has 0 aromatic heterocycles. The van der Waals surface area contributed by atoms with Crippen LogP contribution >= 0.6 is 15.9 Å². The number of hydrogen-bond donors (Lipinski definition) is 0. The van der Waals surface area contributed by atoms with Crippen molar-refractivity contribution < 1.29 is 22.4 Å². The number of alkyl halides is 4. The van der Waals surface area contributed by atoms with E-state index in [4.69, 9.17) is 5.26 Å². The van der Waals surface area contributed by atoms with Crippen molar-refractivity contribution >= 4 is 21.7 Å². The number of carbonyl (C=O) groups is 1. The Kier molecular flexibility index (Phi) is 3.88. The van der Waals surface area contributed by atoms with Crippen molar-refractivity contribution in [3.8, 4) is 6.07 Å². The van der Waals surface area contributed by atoms with Crippen LogP contribution in [0.5, 0.6) is 0 Å². The van der Waals surface area contributed by atoms with Gasteiger partial charge in [0.25, 0.3) is 0 Å². The Morgan fingerprint density at radius 3 is 2.41 bits per heavy atom. The van der Waals surface area contributed by atoms with E-state index in [9.17, 15) is 22.4 Å². The van der Waals surface area contributed by atoms with E-state index in [1.54, 1.807) is 0 Å². The smallest absolute Gasteiger partial charge is 0.293 e. The molecule has 0 aliphatic rings. The van der Waals surface area contributed by atoms with Gasteiger partial charge in [-0.1, -0.05) is 15.9 Å². The third-order valence-electron chi connectivity index (χ3n) is 1.97. The fraction of sp³-hybridized carbons (Fsp3) is 0.200. The predicted octanol–water partition coefficient (Wildman–Crippen LogP) is 3.29. The molecule has 0 radical (unpaired) electrons. The Bertz CT molecular complexity index is 504. The second-order valence-corrected chi connectivity index (χ2v) is 3.57. The third kappa shape index (κ3) is 2.64. The molecule has 90 valence electrons. The van der Waals surface area contributed by atoms with E-state index >= 15 is 0 Å². The Morgan fingerprint density at radius 2 is 2.00 bits per heavy atom. The lowest BCUT2D eigenvalue weighted by Gasteiger charge is -2.12. The molecule has 0 aliphatic carbocycles. The summed E-state index contributed by atoms with van der Waals surface area (Å²) in [6, 6.07) is 2.25. The summed E-state index contributed by atoms with van der Waals surface area (Å²) in [4.78, 5) is 11.3. The molecule has 0 aliphatic heterocycles. The van der Waals surface area contributed by atoms with Crippen LogP contribution in [0, 0.1) is 17.1 Å². The average molecular weight is 310 g/mol. The largest absolute Gasteiger partial charge is 0.417 e. The standard InChI is InChI=1S/C10H4BrF4NO/c11-3-8(17)9-5(4-16)7(12)2-1-6(9)10(13,14)15/h1-2H,3H2. The molecule has 1 rings (SSSR count). The molecule has 0 spiro atoms. The minimum absolute atomic E-state index is 0.422. The van der Waals surface area contributed by atoms with Gasteiger partial charge in [-0.2, -0.15) is 18.4 Å². The first-order valence-electron chi connectivity index (χ1n) is 4.22. The van der Waals surface area contributed by atoms with Gasteiger partial charge in [-0.15, -0.1) is 0 Å². The van der Waals surface area contributed by atoms with E-state index in [1.165, 1.54) is 6.07 Å². The summed E-state index contributed by atoms with van der Waals surface area (Å²) in [7, 11) is 0. The maximum absolute atomic E-state index is 13.2. The minimum Gasteiger partial charge on any atom is -0.293 e. The Balaban J connectivity index is 3.65. The summed E-state index contributed by atoms with van der Waals surface area (Å²) in [5, 5.41) is 8.19. The van der Waals surface area contributed by atoms with Crippen LogP contribution in [0.4, 0.5) is 17.6 Å². The fourth-order valence-corrected chi connectivity index (χ4v) is 1.56. The quantitative estimate of drug-likeness (QED) is 0.478. The van der Waals surface area contributed by atoms with Gasteiger partial charge in [0.15, 0.2) is 5.78 Å². The zero-order valence-corrected chi connectivity index (χ0v) is 9.69. The highest BCUT2D eigenvalue weighted by Crippen LogP contribution is 2.34. The van der Waals surface area contributed by atoms with Crippen LogP contribution in [-0.4, -0.2) is 11.1 Å². The molecule has 1 aromatic carbocycles. The van der Waals surface area contributed by atoms with E-state index in [-0.39, 0.29) is 0 Å². The van der Waals surface area contributed by atoms with Crippen LogP contribution in [0.2, 0.25) is 0 Å². The zero-order chi connectivity index (χ0) is 13.2. The molecule has 0 bridgehead atoms. The number of nitrogens with zero attached hydrogens (tertiary/aromatic N) is 1. The second kappa shape index (κ2) is 4.84. The maximum Gasteiger partial charge on any atom is 0.417 e. The molecule has 0 fully saturated rings. The summed E-state index contributed by atoms with van der Waals surface area (Å²) in [6.45, 7) is 0. The molecule has 0 atom stereocenters. The highest BCUT2D eigenvalue weighted by atomic mass is 79.9. The lowest BCUT2D eigenvalue weighted by molar-refractivity contribution is -0.137. The van der Waals surface area contributed by atoms with E-state index in [0.29, 0.717) is 12.1 Å². The maximum atomic E-state index is 13.2. The van der Waals surface area contributed by atoms with Gasteiger partial charge in [-0.3, -0.25) is 4.79 Å². The summed E-state index contributed by atoms with van der Waals surface area (Å²) in [5.41, 5.74) is -3.12. The van der Waals surface area contributed by atoms with Crippen molar-refractivity contribution in [2.24, 2.45) is 0 Å². The Labute approximate surface area is 102 Å². The Hall–Kier alpha value is -1.42. The summed E-state index contributed by atoms with van der Waals surface area (Å²) < 4.78 is 50.9. The average Bonchev–Trinajstić information content (AvgIpc) is 2.25. The van der Waals surface area contributed by atoms with E-state index in [1.807, 2.05) is 0 Å². The molecule has 2 nitrogen and oxygen atoms in total.